The van der Waals surface area contributed by atoms with Gasteiger partial charge in [-0.05, 0) is 51.9 Å². The summed E-state index contributed by atoms with van der Waals surface area (Å²) >= 11 is 0. The Kier molecular flexibility index (Phi) is 18.6. The van der Waals surface area contributed by atoms with Gasteiger partial charge in [0.2, 0.25) is 11.8 Å². The van der Waals surface area contributed by atoms with Crippen molar-refractivity contribution in [2.45, 2.75) is 134 Å². The maximum absolute atomic E-state index is 12.4. The molecule has 8 N–H and O–H groups in total. The van der Waals surface area contributed by atoms with E-state index in [2.05, 4.69) is 10.6 Å². The van der Waals surface area contributed by atoms with Crippen molar-refractivity contribution in [1.82, 2.24) is 10.6 Å². The fourth-order valence-corrected chi connectivity index (χ4v) is 5.43. The van der Waals surface area contributed by atoms with E-state index in [0.717, 1.165) is 0 Å². The van der Waals surface area contributed by atoms with Gasteiger partial charge in [-0.25, -0.2) is 0 Å². The van der Waals surface area contributed by atoms with Crippen LogP contribution in [0, 0.1) is 11.8 Å². The summed E-state index contributed by atoms with van der Waals surface area (Å²) in [5.74, 6) is -1.45. The minimum atomic E-state index is -1.19. The molecule has 0 saturated carbocycles. The minimum absolute atomic E-state index is 0.104. The van der Waals surface area contributed by atoms with Crippen molar-refractivity contribution < 1.29 is 64.0 Å². The maximum atomic E-state index is 12.4. The summed E-state index contributed by atoms with van der Waals surface area (Å²) in [5, 5.41) is 64.2. The number of ether oxygens (including phenoxy) is 4. The summed E-state index contributed by atoms with van der Waals surface area (Å²) in [4.78, 5) is 36.6. The molecule has 268 valence electrons. The number of carbonyl (C=O) groups excluding carboxylic acids is 3. The molecule has 15 nitrogen and oxygen atoms in total. The number of nitrogens with one attached hydrogen (secondary N) is 2. The SMILES string of the molecule is CC(=O)C(CCCCNC(=O)CCCCOC1OC(CO)C(O)C(O)C1C)NC(=O)CCCCOC1OC(CO)C(O)C(O)C1C. The highest BCUT2D eigenvalue weighted by molar-refractivity contribution is 5.87. The zero-order valence-electron chi connectivity index (χ0n) is 27.3. The van der Waals surface area contributed by atoms with Crippen LogP contribution in [0.5, 0.6) is 0 Å². The fourth-order valence-electron chi connectivity index (χ4n) is 5.43. The molecular formula is C31H56N2O13. The maximum Gasteiger partial charge on any atom is 0.220 e. The van der Waals surface area contributed by atoms with Crippen molar-refractivity contribution in [2.24, 2.45) is 11.8 Å². The topological polar surface area (TPSA) is 234 Å². The van der Waals surface area contributed by atoms with Crippen LogP contribution in [0.3, 0.4) is 0 Å². The highest BCUT2D eigenvalue weighted by atomic mass is 16.7. The van der Waals surface area contributed by atoms with Crippen LogP contribution in [-0.2, 0) is 33.3 Å². The summed E-state index contributed by atoms with van der Waals surface area (Å²) in [6.45, 7) is 4.93. The van der Waals surface area contributed by atoms with Crippen LogP contribution in [0.2, 0.25) is 0 Å². The number of ketones is 1. The quantitative estimate of drug-likeness (QED) is 0.0680. The van der Waals surface area contributed by atoms with Crippen molar-refractivity contribution in [3.8, 4) is 0 Å². The first-order valence-electron chi connectivity index (χ1n) is 16.5. The summed E-state index contributed by atoms with van der Waals surface area (Å²) in [7, 11) is 0. The molecule has 2 amide bonds. The number of aliphatic hydroxyl groups is 6. The molecule has 11 unspecified atom stereocenters. The smallest absolute Gasteiger partial charge is 0.220 e. The van der Waals surface area contributed by atoms with Gasteiger partial charge in [0.1, 0.15) is 24.4 Å². The van der Waals surface area contributed by atoms with Crippen molar-refractivity contribution in [3.63, 3.8) is 0 Å². The number of hydrogen-bond donors (Lipinski definition) is 8. The number of carbonyl (C=O) groups is 3. The Balaban J connectivity index is 1.52. The van der Waals surface area contributed by atoms with Crippen LogP contribution in [0.4, 0.5) is 0 Å². The molecule has 15 heteroatoms. The van der Waals surface area contributed by atoms with E-state index in [-0.39, 0.29) is 30.6 Å². The molecule has 0 aromatic rings. The molecule has 2 saturated heterocycles. The van der Waals surface area contributed by atoms with Crippen LogP contribution in [0.25, 0.3) is 0 Å². The molecule has 2 aliphatic heterocycles. The second-order valence-corrected chi connectivity index (χ2v) is 12.4. The molecule has 46 heavy (non-hydrogen) atoms. The van der Waals surface area contributed by atoms with E-state index in [1.807, 2.05) is 0 Å². The van der Waals surface area contributed by atoms with Gasteiger partial charge < -0.3 is 60.2 Å². The standard InChI is InChI=1S/C31H56N2O13/c1-18-26(39)28(41)22(16-34)45-30(18)43-14-8-5-11-24(37)32-13-7-4-10-21(20(3)36)33-25(38)12-6-9-15-44-31-19(2)27(40)29(42)23(17-35)46-31/h18-19,21-23,26-31,34-35,39-42H,4-17H2,1-3H3,(H,32,37)(H,33,38). The molecule has 2 aliphatic rings. The summed E-state index contributed by atoms with van der Waals surface area (Å²) in [6.07, 6.45) is -3.43. The van der Waals surface area contributed by atoms with Crippen LogP contribution >= 0.6 is 0 Å². The second kappa shape index (κ2) is 21.2. The number of aliphatic hydroxyl groups excluding tert-OH is 6. The monoisotopic (exact) mass is 664 g/mol. The van der Waals surface area contributed by atoms with Gasteiger partial charge in [0.15, 0.2) is 18.4 Å². The van der Waals surface area contributed by atoms with Gasteiger partial charge in [0.05, 0.1) is 31.5 Å². The van der Waals surface area contributed by atoms with Gasteiger partial charge in [-0.2, -0.15) is 0 Å². The van der Waals surface area contributed by atoms with Gasteiger partial charge in [-0.3, -0.25) is 14.4 Å². The third-order valence-electron chi connectivity index (χ3n) is 8.60. The molecule has 2 heterocycles. The van der Waals surface area contributed by atoms with E-state index in [1.165, 1.54) is 6.92 Å². The number of unbranched alkanes of at least 4 members (excludes halogenated alkanes) is 3. The highest BCUT2D eigenvalue weighted by Crippen LogP contribution is 2.28. The first-order chi connectivity index (χ1) is 21.9. The van der Waals surface area contributed by atoms with Crippen molar-refractivity contribution in [2.75, 3.05) is 33.0 Å². The summed E-state index contributed by atoms with van der Waals surface area (Å²) in [5.41, 5.74) is 0. The molecule has 2 rings (SSSR count). The Morgan fingerprint density at radius 3 is 1.63 bits per heavy atom. The molecule has 2 fully saturated rings. The van der Waals surface area contributed by atoms with Gasteiger partial charge in [-0.15, -0.1) is 0 Å². The van der Waals surface area contributed by atoms with Gasteiger partial charge in [0, 0.05) is 44.4 Å². The predicted octanol–water partition coefficient (Wildman–Crippen LogP) is -1.13. The molecule has 0 aliphatic carbocycles. The number of hydrogen-bond acceptors (Lipinski definition) is 13. The Labute approximate surface area is 270 Å². The van der Waals surface area contributed by atoms with E-state index >= 15 is 0 Å². The molecule has 0 spiro atoms. The van der Waals surface area contributed by atoms with Crippen molar-refractivity contribution in [1.29, 1.82) is 0 Å². The van der Waals surface area contributed by atoms with E-state index in [9.17, 15) is 45.0 Å². The van der Waals surface area contributed by atoms with Crippen LogP contribution < -0.4 is 10.6 Å². The fraction of sp³-hybridized carbons (Fsp3) is 0.903. The van der Waals surface area contributed by atoms with Crippen LogP contribution in [0.1, 0.15) is 78.6 Å². The predicted molar refractivity (Wildman–Crippen MR) is 163 cm³/mol. The lowest BCUT2D eigenvalue weighted by atomic mass is 9.92. The Bertz CT molecular complexity index is 908. The first kappa shape index (κ1) is 40.4. The van der Waals surface area contributed by atoms with Crippen LogP contribution in [0.15, 0.2) is 0 Å². The summed E-state index contributed by atoms with van der Waals surface area (Å²) in [6, 6.07) is -0.604. The van der Waals surface area contributed by atoms with Crippen LogP contribution in [-0.4, -0.2) is 136 Å². The third-order valence-corrected chi connectivity index (χ3v) is 8.60. The average molecular weight is 665 g/mol. The Morgan fingerprint density at radius 1 is 0.696 bits per heavy atom. The van der Waals surface area contributed by atoms with E-state index in [0.29, 0.717) is 64.5 Å². The molecular weight excluding hydrogens is 608 g/mol. The van der Waals surface area contributed by atoms with E-state index in [4.69, 9.17) is 18.9 Å². The normalized spacial score (nSPS) is 32.1. The van der Waals surface area contributed by atoms with Crippen molar-refractivity contribution in [3.05, 3.63) is 0 Å². The first-order valence-corrected chi connectivity index (χ1v) is 16.5. The van der Waals surface area contributed by atoms with Crippen molar-refractivity contribution >= 4 is 17.6 Å². The lowest BCUT2D eigenvalue weighted by molar-refractivity contribution is -0.282. The van der Waals surface area contributed by atoms with Gasteiger partial charge in [0.25, 0.3) is 0 Å². The molecule has 0 bridgehead atoms. The Hall–Kier alpha value is -1.79. The van der Waals surface area contributed by atoms with Gasteiger partial charge in [-0.1, -0.05) is 13.8 Å². The second-order valence-electron chi connectivity index (χ2n) is 12.4. The van der Waals surface area contributed by atoms with E-state index < -0.39 is 80.3 Å². The number of amides is 2. The highest BCUT2D eigenvalue weighted by Gasteiger charge is 2.43. The largest absolute Gasteiger partial charge is 0.394 e. The number of Topliss-reactive ketones (excluding diaryl/α,β-unsaturated/α-hetero) is 1. The number of rotatable bonds is 21. The minimum Gasteiger partial charge on any atom is -0.394 e. The zero-order valence-corrected chi connectivity index (χ0v) is 27.3. The third kappa shape index (κ3) is 13.0. The lowest BCUT2D eigenvalue weighted by Gasteiger charge is -2.40. The van der Waals surface area contributed by atoms with E-state index in [1.54, 1.807) is 13.8 Å². The Morgan fingerprint density at radius 2 is 1.17 bits per heavy atom. The van der Waals surface area contributed by atoms with Gasteiger partial charge >= 0.3 is 0 Å². The summed E-state index contributed by atoms with van der Waals surface area (Å²) < 4.78 is 22.3. The zero-order chi connectivity index (χ0) is 34.2. The molecule has 11 atom stereocenters. The molecule has 0 aromatic carbocycles. The molecule has 0 radical (unpaired) electrons. The molecule has 0 aromatic heterocycles. The lowest BCUT2D eigenvalue weighted by Crippen LogP contribution is -2.55. The average Bonchev–Trinajstić information content (AvgIpc) is 3.03.